The lowest BCUT2D eigenvalue weighted by atomic mass is 9.95. The number of benzene rings is 1. The molecule has 5 rings (SSSR count). The molecule has 3 amide bonds. The number of nitrogens with zero attached hydrogens (tertiary/aromatic N) is 3. The maximum absolute atomic E-state index is 13.2. The number of carbonyl (C=O) groups excluding carboxylic acids is 3. The number of hydrogen-bond donors (Lipinski definition) is 2. The fraction of sp³-hybridized carbons (Fsp3) is 0.192. The largest absolute Gasteiger partial charge is 0.449 e. The normalized spacial score (nSPS) is 13.2. The highest BCUT2D eigenvalue weighted by Crippen LogP contribution is 2.32. The number of hydrogen-bond acceptors (Lipinski definition) is 6. The minimum Gasteiger partial charge on any atom is -0.449 e. The Balaban J connectivity index is 0.00000200. The number of para-hydroxylation sites is 1. The Morgan fingerprint density at radius 1 is 0.947 bits per heavy atom. The van der Waals surface area contributed by atoms with Crippen LogP contribution in [0.5, 0.6) is 0 Å². The molecule has 4 heterocycles. The topological polar surface area (TPSA) is 117 Å². The molecule has 1 aliphatic rings. The van der Waals surface area contributed by atoms with Crippen LogP contribution in [-0.4, -0.2) is 45.7 Å². The molecule has 38 heavy (non-hydrogen) atoms. The standard InChI is InChI=1S/C26H22ClN5O4.2ClH/c27-18-7-8-21(29-15-18)30-25(34)23-22(19-5-1-2-6-20(19)36-23)31-24(33)16-9-12-32(13-10-16)26(35)17-4-3-11-28-14-17;;/h1-8,11,14-16H,9-10,12-13H2,(H,31,33)(H,29,30,34);2*1H. The Morgan fingerprint density at radius 3 is 2.39 bits per heavy atom. The predicted molar refractivity (Wildman–Crippen MR) is 149 cm³/mol. The fourth-order valence-electron chi connectivity index (χ4n) is 4.19. The second-order valence-electron chi connectivity index (χ2n) is 8.42. The van der Waals surface area contributed by atoms with E-state index >= 15 is 0 Å². The number of furan rings is 1. The lowest BCUT2D eigenvalue weighted by Crippen LogP contribution is -2.41. The van der Waals surface area contributed by atoms with Crippen LogP contribution in [0, 0.1) is 5.92 Å². The van der Waals surface area contributed by atoms with Crippen LogP contribution in [0.15, 0.2) is 71.5 Å². The van der Waals surface area contributed by atoms with Crippen molar-refractivity contribution in [3.63, 3.8) is 0 Å². The minimum absolute atomic E-state index is 0. The zero-order valence-corrected chi connectivity index (χ0v) is 22.3. The molecular formula is C26H24Cl3N5O4. The van der Waals surface area contributed by atoms with Crippen molar-refractivity contribution in [3.8, 4) is 0 Å². The average molecular weight is 577 g/mol. The number of aromatic nitrogens is 2. The van der Waals surface area contributed by atoms with E-state index in [0.29, 0.717) is 59.0 Å². The average Bonchev–Trinajstić information content (AvgIpc) is 3.28. The van der Waals surface area contributed by atoms with Crippen molar-refractivity contribution in [2.24, 2.45) is 5.92 Å². The first-order chi connectivity index (χ1) is 17.5. The van der Waals surface area contributed by atoms with Crippen molar-refractivity contribution >= 4 is 76.6 Å². The fourth-order valence-corrected chi connectivity index (χ4v) is 4.31. The Bertz CT molecular complexity index is 1420. The van der Waals surface area contributed by atoms with Gasteiger partial charge in [-0.2, -0.15) is 0 Å². The Morgan fingerprint density at radius 2 is 1.71 bits per heavy atom. The summed E-state index contributed by atoms with van der Waals surface area (Å²) in [4.78, 5) is 48.7. The molecule has 3 aromatic heterocycles. The van der Waals surface area contributed by atoms with Gasteiger partial charge in [0.25, 0.3) is 11.8 Å². The summed E-state index contributed by atoms with van der Waals surface area (Å²) in [5, 5.41) is 6.63. The first-order valence-corrected chi connectivity index (χ1v) is 11.8. The van der Waals surface area contributed by atoms with E-state index in [2.05, 4.69) is 20.6 Å². The van der Waals surface area contributed by atoms with Crippen LogP contribution in [0.1, 0.15) is 33.8 Å². The monoisotopic (exact) mass is 575 g/mol. The first kappa shape index (κ1) is 28.9. The summed E-state index contributed by atoms with van der Waals surface area (Å²) in [6.07, 6.45) is 5.59. The zero-order chi connectivity index (χ0) is 25.1. The van der Waals surface area contributed by atoms with Crippen molar-refractivity contribution in [2.75, 3.05) is 23.7 Å². The summed E-state index contributed by atoms with van der Waals surface area (Å²) in [6, 6.07) is 13.7. The molecule has 1 saturated heterocycles. The van der Waals surface area contributed by atoms with Gasteiger partial charge in [-0.25, -0.2) is 4.98 Å². The number of piperidine rings is 1. The molecule has 1 aliphatic heterocycles. The van der Waals surface area contributed by atoms with E-state index in [9.17, 15) is 14.4 Å². The van der Waals surface area contributed by atoms with E-state index in [0.717, 1.165) is 0 Å². The smallest absolute Gasteiger partial charge is 0.294 e. The van der Waals surface area contributed by atoms with Gasteiger partial charge in [0.2, 0.25) is 11.7 Å². The number of pyridine rings is 2. The molecular weight excluding hydrogens is 553 g/mol. The quantitative estimate of drug-likeness (QED) is 0.326. The maximum Gasteiger partial charge on any atom is 0.294 e. The van der Waals surface area contributed by atoms with Crippen LogP contribution >= 0.6 is 36.4 Å². The molecule has 0 bridgehead atoms. The summed E-state index contributed by atoms with van der Waals surface area (Å²) < 4.78 is 5.80. The third-order valence-electron chi connectivity index (χ3n) is 6.08. The molecule has 9 nitrogen and oxygen atoms in total. The Hall–Kier alpha value is -3.66. The second-order valence-corrected chi connectivity index (χ2v) is 8.85. The molecule has 12 heteroatoms. The number of halogens is 3. The van der Waals surface area contributed by atoms with Gasteiger partial charge in [-0.05, 0) is 49.2 Å². The van der Waals surface area contributed by atoms with Gasteiger partial charge in [-0.3, -0.25) is 19.4 Å². The van der Waals surface area contributed by atoms with Gasteiger partial charge in [0.1, 0.15) is 17.1 Å². The van der Waals surface area contributed by atoms with Crippen molar-refractivity contribution in [1.29, 1.82) is 0 Å². The van der Waals surface area contributed by atoms with Crippen LogP contribution in [0.3, 0.4) is 0 Å². The van der Waals surface area contributed by atoms with Crippen LogP contribution < -0.4 is 10.6 Å². The highest BCUT2D eigenvalue weighted by Gasteiger charge is 2.30. The number of carbonyl (C=O) groups is 3. The minimum atomic E-state index is -0.548. The summed E-state index contributed by atoms with van der Waals surface area (Å²) >= 11 is 5.87. The van der Waals surface area contributed by atoms with Crippen molar-refractivity contribution in [1.82, 2.24) is 14.9 Å². The molecule has 2 N–H and O–H groups in total. The summed E-state index contributed by atoms with van der Waals surface area (Å²) in [6.45, 7) is 0.904. The molecule has 0 unspecified atom stereocenters. The van der Waals surface area contributed by atoms with E-state index < -0.39 is 5.91 Å². The number of fused-ring (bicyclic) bond motifs is 1. The second kappa shape index (κ2) is 12.7. The van der Waals surface area contributed by atoms with Gasteiger partial charge in [0.15, 0.2) is 0 Å². The zero-order valence-electron chi connectivity index (χ0n) is 19.9. The number of amides is 3. The maximum atomic E-state index is 13.2. The molecule has 198 valence electrons. The van der Waals surface area contributed by atoms with Crippen LogP contribution in [-0.2, 0) is 4.79 Å². The van der Waals surface area contributed by atoms with Gasteiger partial charge in [-0.1, -0.05) is 23.7 Å². The predicted octanol–water partition coefficient (Wildman–Crippen LogP) is 5.46. The third kappa shape index (κ3) is 6.24. The van der Waals surface area contributed by atoms with Gasteiger partial charge in [0.05, 0.1) is 10.6 Å². The lowest BCUT2D eigenvalue weighted by molar-refractivity contribution is -0.121. The van der Waals surface area contributed by atoms with Crippen LogP contribution in [0.25, 0.3) is 11.0 Å². The van der Waals surface area contributed by atoms with Crippen molar-refractivity contribution < 1.29 is 18.8 Å². The summed E-state index contributed by atoms with van der Waals surface area (Å²) in [5.41, 5.74) is 1.30. The van der Waals surface area contributed by atoms with E-state index in [1.54, 1.807) is 59.6 Å². The van der Waals surface area contributed by atoms with Gasteiger partial charge in [0, 0.05) is 43.0 Å². The molecule has 0 saturated carbocycles. The van der Waals surface area contributed by atoms with Crippen LogP contribution in [0.2, 0.25) is 5.02 Å². The highest BCUT2D eigenvalue weighted by atomic mass is 35.5. The van der Waals surface area contributed by atoms with Crippen molar-refractivity contribution in [3.05, 3.63) is 83.5 Å². The number of likely N-dealkylation sites (tertiary alicyclic amines) is 1. The Labute approximate surface area is 235 Å². The highest BCUT2D eigenvalue weighted by molar-refractivity contribution is 6.30. The number of nitrogens with one attached hydrogen (secondary N) is 2. The van der Waals surface area contributed by atoms with E-state index in [-0.39, 0.29) is 48.3 Å². The molecule has 1 aromatic carbocycles. The van der Waals surface area contributed by atoms with E-state index in [4.69, 9.17) is 16.0 Å². The SMILES string of the molecule is Cl.Cl.O=C(Nc1ccc(Cl)cn1)c1oc2ccccc2c1NC(=O)C1CCN(C(=O)c2cccnc2)CC1. The van der Waals surface area contributed by atoms with E-state index in [1.165, 1.54) is 12.4 Å². The molecule has 0 radical (unpaired) electrons. The van der Waals surface area contributed by atoms with Gasteiger partial charge in [-0.15, -0.1) is 24.8 Å². The summed E-state index contributed by atoms with van der Waals surface area (Å²) in [5.74, 6) is -0.914. The van der Waals surface area contributed by atoms with Gasteiger partial charge < -0.3 is 20.0 Å². The molecule has 0 atom stereocenters. The molecule has 0 spiro atoms. The Kier molecular flexibility index (Phi) is 9.68. The summed E-state index contributed by atoms with van der Waals surface area (Å²) in [7, 11) is 0. The molecule has 0 aliphatic carbocycles. The molecule has 1 fully saturated rings. The lowest BCUT2D eigenvalue weighted by Gasteiger charge is -2.31. The van der Waals surface area contributed by atoms with Crippen molar-refractivity contribution in [2.45, 2.75) is 12.8 Å². The number of anilines is 2. The van der Waals surface area contributed by atoms with E-state index in [1.807, 2.05) is 0 Å². The van der Waals surface area contributed by atoms with Crippen LogP contribution in [0.4, 0.5) is 11.5 Å². The first-order valence-electron chi connectivity index (χ1n) is 11.4. The molecule has 4 aromatic rings. The van der Waals surface area contributed by atoms with Gasteiger partial charge >= 0.3 is 0 Å². The number of rotatable bonds is 5. The third-order valence-corrected chi connectivity index (χ3v) is 6.30.